The zero-order valence-corrected chi connectivity index (χ0v) is 17.2. The van der Waals surface area contributed by atoms with Gasteiger partial charge < -0.3 is 14.2 Å². The number of fused-ring (bicyclic) bond motifs is 2. The number of benzene rings is 3. The Hall–Kier alpha value is -3.86. The Kier molecular flexibility index (Phi) is 4.59. The van der Waals surface area contributed by atoms with Crippen LogP contribution in [0.4, 0.5) is 0 Å². The van der Waals surface area contributed by atoms with Crippen LogP contribution in [0.2, 0.25) is 0 Å². The third-order valence-electron chi connectivity index (χ3n) is 5.39. The molecule has 5 heteroatoms. The second kappa shape index (κ2) is 7.43. The molecule has 0 atom stereocenters. The number of carbonyl (C=O) groups is 2. The van der Waals surface area contributed by atoms with E-state index in [2.05, 4.69) is 0 Å². The van der Waals surface area contributed by atoms with Crippen molar-refractivity contribution in [3.8, 4) is 17.2 Å². The molecule has 0 N–H and O–H groups in total. The zero-order chi connectivity index (χ0) is 21.5. The monoisotopic (exact) mass is 412 g/mol. The molecule has 0 aliphatic carbocycles. The minimum Gasteiger partial charge on any atom is -0.494 e. The lowest BCUT2D eigenvalue weighted by Crippen LogP contribution is -2.11. The lowest BCUT2D eigenvalue weighted by atomic mass is 10.0. The van der Waals surface area contributed by atoms with Crippen molar-refractivity contribution >= 4 is 23.1 Å². The summed E-state index contributed by atoms with van der Waals surface area (Å²) < 4.78 is 16.7. The van der Waals surface area contributed by atoms with Crippen LogP contribution in [-0.2, 0) is 9.59 Å². The summed E-state index contributed by atoms with van der Waals surface area (Å²) in [5.74, 6) is 0.765. The largest absolute Gasteiger partial charge is 0.494 e. The first-order valence-electron chi connectivity index (χ1n) is 10.2. The second-order valence-corrected chi connectivity index (χ2v) is 7.61. The van der Waals surface area contributed by atoms with E-state index in [1.807, 2.05) is 62.4 Å². The molecule has 0 aromatic heterocycles. The van der Waals surface area contributed by atoms with E-state index in [9.17, 15) is 9.59 Å². The predicted molar refractivity (Wildman–Crippen MR) is 115 cm³/mol. The summed E-state index contributed by atoms with van der Waals surface area (Å²) >= 11 is 0. The molecule has 2 aliphatic heterocycles. The fourth-order valence-electron chi connectivity index (χ4n) is 3.85. The quantitative estimate of drug-likeness (QED) is 0.476. The third-order valence-corrected chi connectivity index (χ3v) is 5.39. The van der Waals surface area contributed by atoms with Gasteiger partial charge in [0.1, 0.15) is 17.2 Å². The summed E-state index contributed by atoms with van der Waals surface area (Å²) in [4.78, 5) is 25.3. The van der Waals surface area contributed by atoms with E-state index in [1.54, 1.807) is 12.1 Å². The van der Waals surface area contributed by atoms with Crippen molar-refractivity contribution in [2.45, 2.75) is 20.3 Å². The molecule has 0 fully saturated rings. The second-order valence-electron chi connectivity index (χ2n) is 7.61. The van der Waals surface area contributed by atoms with E-state index in [-0.39, 0.29) is 0 Å². The third kappa shape index (κ3) is 3.28. The average Bonchev–Trinajstić information content (AvgIpc) is 3.26. The molecule has 0 saturated heterocycles. The number of aryl methyl sites for hydroxylation is 1. The highest BCUT2D eigenvalue weighted by Crippen LogP contribution is 2.28. The van der Waals surface area contributed by atoms with Crippen molar-refractivity contribution in [1.82, 2.24) is 0 Å². The van der Waals surface area contributed by atoms with Crippen LogP contribution in [0.3, 0.4) is 0 Å². The van der Waals surface area contributed by atoms with Crippen LogP contribution in [0.5, 0.6) is 17.2 Å². The van der Waals surface area contributed by atoms with Gasteiger partial charge in [-0.25, -0.2) is 9.59 Å². The Labute approximate surface area is 179 Å². The zero-order valence-electron chi connectivity index (χ0n) is 17.2. The van der Waals surface area contributed by atoms with Crippen molar-refractivity contribution in [2.75, 3.05) is 6.61 Å². The lowest BCUT2D eigenvalue weighted by molar-refractivity contribution is -0.128. The van der Waals surface area contributed by atoms with Gasteiger partial charge in [0.25, 0.3) is 0 Å². The number of hydrogen-bond acceptors (Lipinski definition) is 5. The molecule has 0 unspecified atom stereocenters. The van der Waals surface area contributed by atoms with Gasteiger partial charge >= 0.3 is 11.9 Å². The normalized spacial score (nSPS) is 14.3. The molecule has 0 saturated carbocycles. The van der Waals surface area contributed by atoms with Gasteiger partial charge in [-0.2, -0.15) is 0 Å². The summed E-state index contributed by atoms with van der Waals surface area (Å²) in [5.41, 5.74) is 3.51. The van der Waals surface area contributed by atoms with Gasteiger partial charge in [-0.05, 0) is 48.7 Å². The fraction of sp³-hybridized carbons (Fsp3) is 0.154. The average molecular weight is 412 g/mol. The number of hydrogen-bond donors (Lipinski definition) is 0. The van der Waals surface area contributed by atoms with Crippen LogP contribution in [0.1, 0.15) is 30.0 Å². The standard InChI is InChI=1S/C26H20O5/c1-3-12-29-18-10-8-17(9-11-18)24-20-14-21-19(13-22(20)31-26(24)28)23(25(27)30-21)16-6-4-15(2)5-7-16/h4-11,13-14H,3,12H2,1-2H3. The van der Waals surface area contributed by atoms with Crippen molar-refractivity contribution in [1.29, 1.82) is 0 Å². The molecule has 154 valence electrons. The van der Waals surface area contributed by atoms with Gasteiger partial charge in [-0.15, -0.1) is 0 Å². The van der Waals surface area contributed by atoms with E-state index in [4.69, 9.17) is 14.2 Å². The molecular formula is C26H20O5. The predicted octanol–water partition coefficient (Wildman–Crippen LogP) is 3.02. The summed E-state index contributed by atoms with van der Waals surface area (Å²) in [6.07, 6.45) is 0.921. The highest BCUT2D eigenvalue weighted by atomic mass is 16.5. The number of esters is 2. The highest BCUT2D eigenvalue weighted by Gasteiger charge is 2.30. The van der Waals surface area contributed by atoms with Crippen LogP contribution in [0.25, 0.3) is 11.1 Å². The van der Waals surface area contributed by atoms with Gasteiger partial charge in [0.15, 0.2) is 0 Å². The highest BCUT2D eigenvalue weighted by molar-refractivity contribution is 6.21. The summed E-state index contributed by atoms with van der Waals surface area (Å²) in [6, 6.07) is 18.4. The van der Waals surface area contributed by atoms with E-state index >= 15 is 0 Å². The van der Waals surface area contributed by atoms with Crippen LogP contribution in [-0.4, -0.2) is 18.5 Å². The first-order valence-corrected chi connectivity index (χ1v) is 10.2. The van der Waals surface area contributed by atoms with Gasteiger partial charge in [0.05, 0.1) is 17.8 Å². The molecule has 0 spiro atoms. The first kappa shape index (κ1) is 19.1. The molecule has 31 heavy (non-hydrogen) atoms. The molecule has 0 amide bonds. The Morgan fingerprint density at radius 3 is 1.71 bits per heavy atom. The summed E-state index contributed by atoms with van der Waals surface area (Å²) in [5, 5.41) is 1.24. The molecule has 3 aromatic rings. The molecule has 0 radical (unpaired) electrons. The minimum atomic E-state index is -0.427. The van der Waals surface area contributed by atoms with Crippen LogP contribution in [0.15, 0.2) is 60.7 Å². The maximum Gasteiger partial charge on any atom is 0.344 e. The molecule has 0 bridgehead atoms. The van der Waals surface area contributed by atoms with Crippen molar-refractivity contribution in [2.24, 2.45) is 0 Å². The van der Waals surface area contributed by atoms with E-state index in [0.29, 0.717) is 39.7 Å². The lowest BCUT2D eigenvalue weighted by Gasteiger charge is -2.05. The number of rotatable bonds is 5. The first-order chi connectivity index (χ1) is 15.0. The number of ether oxygens (including phenoxy) is 3. The Balaban J connectivity index is 1.64. The molecule has 5 rings (SSSR count). The Morgan fingerprint density at radius 2 is 1.23 bits per heavy atom. The number of carbonyl (C=O) groups excluding carboxylic acids is 2. The fourth-order valence-corrected chi connectivity index (χ4v) is 3.85. The van der Waals surface area contributed by atoms with E-state index in [1.165, 1.54) is 0 Å². The van der Waals surface area contributed by atoms with Gasteiger partial charge in [-0.1, -0.05) is 48.9 Å². The molecule has 5 nitrogen and oxygen atoms in total. The van der Waals surface area contributed by atoms with Gasteiger partial charge in [0.2, 0.25) is 0 Å². The maximum absolute atomic E-state index is 12.7. The SMILES string of the molecule is CCCOc1ccc(C2=c3cc4c(cc3OC2=O)=C(c2ccc(C)cc2)C(=O)O4)cc1. The van der Waals surface area contributed by atoms with Crippen LogP contribution in [0, 0.1) is 6.92 Å². The van der Waals surface area contributed by atoms with Crippen LogP contribution < -0.4 is 24.6 Å². The molecular weight excluding hydrogens is 392 g/mol. The summed E-state index contributed by atoms with van der Waals surface area (Å²) in [6.45, 7) is 4.67. The molecule has 2 heterocycles. The smallest absolute Gasteiger partial charge is 0.344 e. The van der Waals surface area contributed by atoms with Crippen molar-refractivity contribution in [3.05, 3.63) is 87.8 Å². The topological polar surface area (TPSA) is 61.8 Å². The van der Waals surface area contributed by atoms with Gasteiger partial charge in [-0.3, -0.25) is 0 Å². The van der Waals surface area contributed by atoms with Gasteiger partial charge in [0, 0.05) is 10.4 Å². The molecule has 2 aliphatic rings. The maximum atomic E-state index is 12.7. The summed E-state index contributed by atoms with van der Waals surface area (Å²) in [7, 11) is 0. The van der Waals surface area contributed by atoms with Crippen molar-refractivity contribution in [3.63, 3.8) is 0 Å². The Bertz CT molecular complexity index is 1330. The Morgan fingerprint density at radius 1 is 0.742 bits per heavy atom. The van der Waals surface area contributed by atoms with E-state index < -0.39 is 11.9 Å². The van der Waals surface area contributed by atoms with E-state index in [0.717, 1.165) is 28.9 Å². The minimum absolute atomic E-state index is 0.409. The molecule has 3 aromatic carbocycles. The van der Waals surface area contributed by atoms with Crippen molar-refractivity contribution < 1.29 is 23.8 Å². The van der Waals surface area contributed by atoms with Crippen LogP contribution >= 0.6 is 0 Å².